The van der Waals surface area contributed by atoms with Gasteiger partial charge in [-0.25, -0.2) is 9.78 Å². The lowest BCUT2D eigenvalue weighted by molar-refractivity contribution is 0.0600. The molecule has 0 saturated heterocycles. The van der Waals surface area contributed by atoms with Crippen LogP contribution in [0.4, 0.5) is 5.69 Å². The quantitative estimate of drug-likeness (QED) is 0.679. The van der Waals surface area contributed by atoms with Gasteiger partial charge in [0.25, 0.3) is 0 Å². The number of nitrogens with zero attached hydrogens (tertiary/aromatic N) is 2. The van der Waals surface area contributed by atoms with Crippen LogP contribution in [0.3, 0.4) is 0 Å². The minimum atomic E-state index is -0.457. The number of hydrogen-bond acceptors (Lipinski definition) is 6. The third-order valence-corrected chi connectivity index (χ3v) is 2.76. The van der Waals surface area contributed by atoms with E-state index in [1.165, 1.54) is 13.2 Å². The molecule has 1 heterocycles. The zero-order valence-corrected chi connectivity index (χ0v) is 11.4. The fourth-order valence-electron chi connectivity index (χ4n) is 1.71. The Bertz CT molecular complexity index is 708. The number of nitrogens with two attached hydrogens (primary N) is 1. The first kappa shape index (κ1) is 14.3. The van der Waals surface area contributed by atoms with Gasteiger partial charge in [0.15, 0.2) is 0 Å². The molecule has 0 spiro atoms. The maximum absolute atomic E-state index is 11.4. The molecule has 6 nitrogen and oxygen atoms in total. The number of benzene rings is 1. The maximum atomic E-state index is 11.4. The number of nitrogen functional groups attached to an aromatic ring is 1. The molecule has 106 valence electrons. The summed E-state index contributed by atoms with van der Waals surface area (Å²) in [6.45, 7) is 0.249. The summed E-state index contributed by atoms with van der Waals surface area (Å²) < 4.78 is 10.2. The molecule has 6 heteroatoms. The van der Waals surface area contributed by atoms with E-state index in [0.717, 1.165) is 5.56 Å². The first-order chi connectivity index (χ1) is 10.1. The van der Waals surface area contributed by atoms with Crippen molar-refractivity contribution < 1.29 is 14.3 Å². The van der Waals surface area contributed by atoms with Crippen molar-refractivity contribution in [2.75, 3.05) is 12.8 Å². The minimum absolute atomic E-state index is 0.249. The van der Waals surface area contributed by atoms with Crippen molar-refractivity contribution in [3.05, 3.63) is 53.3 Å². The Morgan fingerprint density at radius 1 is 1.38 bits per heavy atom. The SMILES string of the molecule is COC(=O)c1ccc(OCc2ccnc(C#N)c2)c(N)c1. The number of hydrogen-bond donors (Lipinski definition) is 1. The van der Waals surface area contributed by atoms with Gasteiger partial charge in [-0.3, -0.25) is 0 Å². The molecule has 0 aliphatic carbocycles. The van der Waals surface area contributed by atoms with Crippen LogP contribution in [-0.4, -0.2) is 18.1 Å². The molecule has 21 heavy (non-hydrogen) atoms. The number of nitriles is 1. The first-order valence-corrected chi connectivity index (χ1v) is 6.09. The summed E-state index contributed by atoms with van der Waals surface area (Å²) in [6.07, 6.45) is 1.54. The Labute approximate surface area is 121 Å². The van der Waals surface area contributed by atoms with E-state index in [4.69, 9.17) is 15.7 Å². The number of rotatable bonds is 4. The van der Waals surface area contributed by atoms with Crippen LogP contribution >= 0.6 is 0 Å². The van der Waals surface area contributed by atoms with Crippen LogP contribution in [0.25, 0.3) is 0 Å². The molecule has 0 aliphatic heterocycles. The standard InChI is InChI=1S/C15H13N3O3/c1-20-15(19)11-2-3-14(13(17)7-11)21-9-10-4-5-18-12(6-10)8-16/h2-7H,9,17H2,1H3. The number of aromatic nitrogens is 1. The molecule has 0 radical (unpaired) electrons. The van der Waals surface area contributed by atoms with Crippen LogP contribution in [0.1, 0.15) is 21.6 Å². The van der Waals surface area contributed by atoms with Gasteiger partial charge in [-0.15, -0.1) is 0 Å². The summed E-state index contributed by atoms with van der Waals surface area (Å²) >= 11 is 0. The summed E-state index contributed by atoms with van der Waals surface area (Å²) in [5.74, 6) is -0.000909. The van der Waals surface area contributed by atoms with Gasteiger partial charge in [0.2, 0.25) is 0 Å². The second kappa shape index (κ2) is 6.39. The van der Waals surface area contributed by atoms with Crippen LogP contribution in [0.15, 0.2) is 36.5 Å². The van der Waals surface area contributed by atoms with Crippen molar-refractivity contribution in [1.82, 2.24) is 4.98 Å². The van der Waals surface area contributed by atoms with Gasteiger partial charge in [-0.1, -0.05) is 0 Å². The van der Waals surface area contributed by atoms with Crippen molar-refractivity contribution in [1.29, 1.82) is 5.26 Å². The monoisotopic (exact) mass is 283 g/mol. The number of esters is 1. The van der Waals surface area contributed by atoms with E-state index in [-0.39, 0.29) is 6.61 Å². The molecule has 0 amide bonds. The highest BCUT2D eigenvalue weighted by atomic mass is 16.5. The highest BCUT2D eigenvalue weighted by Crippen LogP contribution is 2.24. The highest BCUT2D eigenvalue weighted by molar-refractivity contribution is 5.90. The summed E-state index contributed by atoms with van der Waals surface area (Å²) in [5, 5.41) is 8.78. The molecule has 2 aromatic rings. The third kappa shape index (κ3) is 3.48. The van der Waals surface area contributed by atoms with Gasteiger partial charge in [0, 0.05) is 6.20 Å². The van der Waals surface area contributed by atoms with E-state index in [0.29, 0.717) is 22.7 Å². The highest BCUT2D eigenvalue weighted by Gasteiger charge is 2.09. The van der Waals surface area contributed by atoms with Gasteiger partial charge < -0.3 is 15.2 Å². The third-order valence-electron chi connectivity index (χ3n) is 2.76. The van der Waals surface area contributed by atoms with Crippen molar-refractivity contribution in [3.8, 4) is 11.8 Å². The Morgan fingerprint density at radius 2 is 2.19 bits per heavy atom. The average molecular weight is 283 g/mol. The molecule has 1 aromatic heterocycles. The lowest BCUT2D eigenvalue weighted by atomic mass is 10.2. The molecule has 0 unspecified atom stereocenters. The minimum Gasteiger partial charge on any atom is -0.487 e. The zero-order chi connectivity index (χ0) is 15.2. The molecule has 0 aliphatic rings. The molecule has 0 bridgehead atoms. The van der Waals surface area contributed by atoms with Crippen LogP contribution in [0.5, 0.6) is 5.75 Å². The normalized spacial score (nSPS) is 9.71. The molecule has 2 rings (SSSR count). The summed E-state index contributed by atoms with van der Waals surface area (Å²) in [4.78, 5) is 15.2. The second-order valence-corrected chi connectivity index (χ2v) is 4.19. The van der Waals surface area contributed by atoms with Crippen LogP contribution < -0.4 is 10.5 Å². The number of methoxy groups -OCH3 is 1. The first-order valence-electron chi connectivity index (χ1n) is 6.09. The smallest absolute Gasteiger partial charge is 0.337 e. The lowest BCUT2D eigenvalue weighted by Crippen LogP contribution is -2.04. The van der Waals surface area contributed by atoms with E-state index >= 15 is 0 Å². The number of carbonyl (C=O) groups excluding carboxylic acids is 1. The Balaban J connectivity index is 2.10. The van der Waals surface area contributed by atoms with E-state index in [1.807, 2.05) is 6.07 Å². The zero-order valence-electron chi connectivity index (χ0n) is 11.4. The van der Waals surface area contributed by atoms with Crippen LogP contribution in [0.2, 0.25) is 0 Å². The lowest BCUT2D eigenvalue weighted by Gasteiger charge is -2.10. The largest absolute Gasteiger partial charge is 0.487 e. The number of ether oxygens (including phenoxy) is 2. The maximum Gasteiger partial charge on any atom is 0.337 e. The van der Waals surface area contributed by atoms with Crippen LogP contribution in [0, 0.1) is 11.3 Å². The van der Waals surface area contributed by atoms with Gasteiger partial charge in [-0.2, -0.15) is 5.26 Å². The van der Waals surface area contributed by atoms with Gasteiger partial charge in [0.1, 0.15) is 24.1 Å². The molecule has 0 saturated carbocycles. The van der Waals surface area contributed by atoms with Crippen molar-refractivity contribution >= 4 is 11.7 Å². The van der Waals surface area contributed by atoms with Crippen molar-refractivity contribution in [3.63, 3.8) is 0 Å². The number of anilines is 1. The number of pyridine rings is 1. The topological polar surface area (TPSA) is 98.2 Å². The number of carbonyl (C=O) groups is 1. The molecular weight excluding hydrogens is 270 g/mol. The summed E-state index contributed by atoms with van der Waals surface area (Å²) in [7, 11) is 1.30. The predicted molar refractivity (Wildman–Crippen MR) is 75.5 cm³/mol. The molecule has 0 atom stereocenters. The van der Waals surface area contributed by atoms with Gasteiger partial charge in [0.05, 0.1) is 18.4 Å². The Morgan fingerprint density at radius 3 is 2.86 bits per heavy atom. The fraction of sp³-hybridized carbons (Fsp3) is 0.133. The van der Waals surface area contributed by atoms with Gasteiger partial charge >= 0.3 is 5.97 Å². The van der Waals surface area contributed by atoms with E-state index in [1.54, 1.807) is 30.5 Å². The summed E-state index contributed by atoms with van der Waals surface area (Å²) in [5.41, 5.74) is 7.66. The van der Waals surface area contributed by atoms with E-state index in [2.05, 4.69) is 9.72 Å². The van der Waals surface area contributed by atoms with Crippen molar-refractivity contribution in [2.45, 2.75) is 6.61 Å². The molecule has 2 N–H and O–H groups in total. The average Bonchev–Trinajstić information content (AvgIpc) is 2.53. The molecule has 1 aromatic carbocycles. The molecular formula is C15H13N3O3. The molecule has 0 fully saturated rings. The van der Waals surface area contributed by atoms with E-state index < -0.39 is 5.97 Å². The summed E-state index contributed by atoms with van der Waals surface area (Å²) in [6, 6.07) is 10.0. The Kier molecular flexibility index (Phi) is 4.36. The second-order valence-electron chi connectivity index (χ2n) is 4.19. The van der Waals surface area contributed by atoms with E-state index in [9.17, 15) is 4.79 Å². The van der Waals surface area contributed by atoms with Crippen LogP contribution in [-0.2, 0) is 11.3 Å². The fourth-order valence-corrected chi connectivity index (χ4v) is 1.71. The Hall–Kier alpha value is -3.07. The van der Waals surface area contributed by atoms with Gasteiger partial charge in [-0.05, 0) is 35.9 Å². The van der Waals surface area contributed by atoms with Crippen molar-refractivity contribution in [2.24, 2.45) is 0 Å². The predicted octanol–water partition coefficient (Wildman–Crippen LogP) is 1.90.